The van der Waals surface area contributed by atoms with Crippen molar-refractivity contribution >= 4 is 35.0 Å². The second-order valence-electron chi connectivity index (χ2n) is 5.49. The van der Waals surface area contributed by atoms with Gasteiger partial charge in [-0.3, -0.25) is 4.79 Å². The number of nitrogens with zero attached hydrogens (tertiary/aromatic N) is 2. The van der Waals surface area contributed by atoms with Crippen molar-refractivity contribution in [3.63, 3.8) is 0 Å². The van der Waals surface area contributed by atoms with Crippen LogP contribution >= 0.6 is 23.1 Å². The minimum Gasteiger partial charge on any atom is -0.462 e. The fourth-order valence-electron chi connectivity index (χ4n) is 2.12. The van der Waals surface area contributed by atoms with Crippen molar-refractivity contribution in [2.45, 2.75) is 31.6 Å². The van der Waals surface area contributed by atoms with Crippen LogP contribution in [0, 0.1) is 12.7 Å². The highest BCUT2D eigenvalue weighted by Gasteiger charge is 2.16. The normalized spacial score (nSPS) is 11.6. The Balaban J connectivity index is 1.92. The highest BCUT2D eigenvalue weighted by atomic mass is 32.2. The molecule has 26 heavy (non-hydrogen) atoms. The molecular formula is C18H21FN2O3S2. The highest BCUT2D eigenvalue weighted by molar-refractivity contribution is 7.99. The molecule has 1 amide bonds. The molecule has 2 rings (SSSR count). The Labute approximate surface area is 159 Å². The largest absolute Gasteiger partial charge is 0.462 e. The maximum absolute atomic E-state index is 12.8. The van der Waals surface area contributed by atoms with Crippen molar-refractivity contribution < 1.29 is 18.7 Å². The van der Waals surface area contributed by atoms with Gasteiger partial charge in [-0.05, 0) is 50.3 Å². The summed E-state index contributed by atoms with van der Waals surface area (Å²) in [5.41, 5.74) is 0.729. The number of hydrogen-bond donors (Lipinski definition) is 0. The molecule has 140 valence electrons. The molecule has 1 heterocycles. The van der Waals surface area contributed by atoms with Crippen molar-refractivity contribution in [2.24, 2.45) is 12.0 Å². The molecular weight excluding hydrogens is 375 g/mol. The van der Waals surface area contributed by atoms with Gasteiger partial charge in [-0.25, -0.2) is 9.18 Å². The van der Waals surface area contributed by atoms with E-state index in [4.69, 9.17) is 4.74 Å². The third kappa shape index (κ3) is 5.54. The van der Waals surface area contributed by atoms with Gasteiger partial charge in [-0.15, -0.1) is 11.8 Å². The fourth-order valence-corrected chi connectivity index (χ4v) is 4.00. The van der Waals surface area contributed by atoms with E-state index in [-0.39, 0.29) is 11.7 Å². The predicted molar refractivity (Wildman–Crippen MR) is 101 cm³/mol. The maximum Gasteiger partial charge on any atom is 0.350 e. The van der Waals surface area contributed by atoms with Crippen LogP contribution < -0.4 is 4.80 Å². The summed E-state index contributed by atoms with van der Waals surface area (Å²) in [6.07, 6.45) is 0.989. The van der Waals surface area contributed by atoms with Gasteiger partial charge >= 0.3 is 5.97 Å². The van der Waals surface area contributed by atoms with E-state index in [0.29, 0.717) is 29.1 Å². The topological polar surface area (TPSA) is 60.7 Å². The van der Waals surface area contributed by atoms with Crippen LogP contribution in [0.25, 0.3) is 0 Å². The summed E-state index contributed by atoms with van der Waals surface area (Å²) >= 11 is 2.73. The van der Waals surface area contributed by atoms with E-state index in [1.807, 2.05) is 0 Å². The molecule has 5 nitrogen and oxygen atoms in total. The van der Waals surface area contributed by atoms with Crippen LogP contribution in [0.2, 0.25) is 0 Å². The molecule has 0 aliphatic carbocycles. The zero-order valence-electron chi connectivity index (χ0n) is 15.0. The number of rotatable bonds is 7. The van der Waals surface area contributed by atoms with Gasteiger partial charge in [0.15, 0.2) is 4.80 Å². The van der Waals surface area contributed by atoms with Gasteiger partial charge in [-0.2, -0.15) is 4.99 Å². The molecule has 0 aliphatic rings. The maximum atomic E-state index is 12.8. The van der Waals surface area contributed by atoms with Crippen LogP contribution in [-0.2, 0) is 16.6 Å². The molecule has 2 aromatic rings. The summed E-state index contributed by atoms with van der Waals surface area (Å²) < 4.78 is 19.6. The zero-order valence-corrected chi connectivity index (χ0v) is 16.6. The lowest BCUT2D eigenvalue weighted by Crippen LogP contribution is -2.14. The second-order valence-corrected chi connectivity index (χ2v) is 7.64. The molecule has 0 radical (unpaired) electrons. The molecule has 1 aromatic carbocycles. The summed E-state index contributed by atoms with van der Waals surface area (Å²) in [5.74, 6) is -0.131. The van der Waals surface area contributed by atoms with Crippen molar-refractivity contribution in [3.8, 4) is 0 Å². The lowest BCUT2D eigenvalue weighted by molar-refractivity contribution is -0.118. The number of carbonyl (C=O) groups excluding carboxylic acids is 2. The van der Waals surface area contributed by atoms with E-state index in [2.05, 4.69) is 4.99 Å². The fraction of sp³-hybridized carbons (Fsp3) is 0.389. The van der Waals surface area contributed by atoms with Crippen LogP contribution in [0.4, 0.5) is 4.39 Å². The average Bonchev–Trinajstić information content (AvgIpc) is 2.89. The van der Waals surface area contributed by atoms with Gasteiger partial charge < -0.3 is 9.30 Å². The SMILES string of the molecule is CCOC(=O)c1sc(=NC(=O)CCCSc2ccc(F)cc2)n(C)c1C. The first kappa shape index (κ1) is 20.4. The molecule has 0 bridgehead atoms. The number of ether oxygens (including phenoxy) is 1. The molecule has 1 aromatic heterocycles. The molecule has 8 heteroatoms. The molecule has 0 unspecified atom stereocenters. The van der Waals surface area contributed by atoms with E-state index >= 15 is 0 Å². The van der Waals surface area contributed by atoms with Crippen LogP contribution in [-0.4, -0.2) is 28.8 Å². The first-order valence-corrected chi connectivity index (χ1v) is 10.0. The Morgan fingerprint density at radius 3 is 2.65 bits per heavy atom. The van der Waals surface area contributed by atoms with E-state index in [0.717, 1.165) is 27.7 Å². The molecule has 0 fully saturated rings. The van der Waals surface area contributed by atoms with E-state index < -0.39 is 5.97 Å². The number of aromatic nitrogens is 1. The molecule has 0 saturated heterocycles. The lowest BCUT2D eigenvalue weighted by Gasteiger charge is -2.00. The Morgan fingerprint density at radius 2 is 2.00 bits per heavy atom. The van der Waals surface area contributed by atoms with Gasteiger partial charge in [0, 0.05) is 24.1 Å². The Bertz CT molecular complexity index is 841. The van der Waals surface area contributed by atoms with Crippen molar-refractivity contribution in [1.29, 1.82) is 0 Å². The van der Waals surface area contributed by atoms with Crippen LogP contribution in [0.1, 0.15) is 35.1 Å². The van der Waals surface area contributed by atoms with E-state index in [1.54, 1.807) is 49.4 Å². The van der Waals surface area contributed by atoms with Gasteiger partial charge in [0.05, 0.1) is 6.61 Å². The summed E-state index contributed by atoms with van der Waals surface area (Å²) in [7, 11) is 1.77. The third-order valence-corrected chi connectivity index (χ3v) is 5.92. The van der Waals surface area contributed by atoms with E-state index in [9.17, 15) is 14.0 Å². The average molecular weight is 397 g/mol. The summed E-state index contributed by atoms with van der Waals surface area (Å²) in [5, 5.41) is 0. The smallest absolute Gasteiger partial charge is 0.350 e. The second kappa shape index (κ2) is 9.68. The first-order chi connectivity index (χ1) is 12.4. The van der Waals surface area contributed by atoms with Gasteiger partial charge in [-0.1, -0.05) is 11.3 Å². The van der Waals surface area contributed by atoms with E-state index in [1.165, 1.54) is 12.1 Å². The highest BCUT2D eigenvalue weighted by Crippen LogP contribution is 2.19. The quantitative estimate of drug-likeness (QED) is 0.407. The first-order valence-electron chi connectivity index (χ1n) is 8.21. The van der Waals surface area contributed by atoms with Crippen molar-refractivity contribution in [3.05, 3.63) is 45.5 Å². The number of halogens is 1. The summed E-state index contributed by atoms with van der Waals surface area (Å²) in [6, 6.07) is 6.28. The van der Waals surface area contributed by atoms with Crippen molar-refractivity contribution in [1.82, 2.24) is 4.57 Å². The van der Waals surface area contributed by atoms with Crippen LogP contribution in [0.5, 0.6) is 0 Å². The monoisotopic (exact) mass is 396 g/mol. The van der Waals surface area contributed by atoms with Gasteiger partial charge in [0.25, 0.3) is 0 Å². The predicted octanol–water partition coefficient (Wildman–Crippen LogP) is 3.71. The lowest BCUT2D eigenvalue weighted by atomic mass is 10.3. The van der Waals surface area contributed by atoms with Gasteiger partial charge in [0.2, 0.25) is 5.91 Å². The number of amides is 1. The Kier molecular flexibility index (Phi) is 7.59. The number of thioether (sulfide) groups is 1. The molecule has 0 spiro atoms. The van der Waals surface area contributed by atoms with Crippen molar-refractivity contribution in [2.75, 3.05) is 12.4 Å². The Hall–Kier alpha value is -1.93. The minimum atomic E-state index is -0.393. The summed E-state index contributed by atoms with van der Waals surface area (Å²) in [6.45, 7) is 3.85. The Morgan fingerprint density at radius 1 is 1.31 bits per heavy atom. The minimum absolute atomic E-state index is 0.225. The number of hydrogen-bond acceptors (Lipinski definition) is 5. The molecule has 0 N–H and O–H groups in total. The van der Waals surface area contributed by atoms with Crippen LogP contribution in [0.15, 0.2) is 34.2 Å². The molecule has 0 aliphatic heterocycles. The number of benzene rings is 1. The summed E-state index contributed by atoms with van der Waals surface area (Å²) in [4.78, 5) is 30.0. The number of carbonyl (C=O) groups is 2. The standard InChI is InChI=1S/C18H21FN2O3S2/c1-4-24-17(23)16-12(2)21(3)18(26-16)20-15(22)6-5-11-25-14-9-7-13(19)8-10-14/h7-10H,4-6,11H2,1-3H3. The molecule has 0 saturated carbocycles. The molecule has 0 atom stereocenters. The zero-order chi connectivity index (χ0) is 19.1. The number of thiazole rings is 1. The number of esters is 1. The van der Waals surface area contributed by atoms with Crippen LogP contribution in [0.3, 0.4) is 0 Å². The van der Waals surface area contributed by atoms with Gasteiger partial charge in [0.1, 0.15) is 10.7 Å². The third-order valence-electron chi connectivity index (χ3n) is 3.61.